The summed E-state index contributed by atoms with van der Waals surface area (Å²) in [6.07, 6.45) is 1.21. The van der Waals surface area contributed by atoms with Crippen molar-refractivity contribution in [3.63, 3.8) is 0 Å². The Balaban J connectivity index is 1.82. The second-order valence-electron chi connectivity index (χ2n) is 7.74. The standard InChI is InChI=1S/C18H25FN4O3/c1-18(2,3)26-17(25)20-12-6-5-7-23(10-12)14-9-11(19)8-13-15(14)21-16(24)22(13)4/h8-9,12H,5-7,10H2,1-4H3,(H,20,25)(H,21,24)/t12-/m1/s1. The SMILES string of the molecule is Cn1c(=O)[nH]c2c(N3CCC[C@@H](NC(=O)OC(C)(C)C)C3)cc(F)cc21. The summed E-state index contributed by atoms with van der Waals surface area (Å²) in [5, 5.41) is 2.88. The number of aromatic nitrogens is 2. The molecule has 1 atom stereocenters. The Labute approximate surface area is 151 Å². The summed E-state index contributed by atoms with van der Waals surface area (Å²) in [4.78, 5) is 28.7. The van der Waals surface area contributed by atoms with Gasteiger partial charge in [-0.05, 0) is 45.7 Å². The molecule has 0 spiro atoms. The van der Waals surface area contributed by atoms with Crippen LogP contribution in [0, 0.1) is 5.82 Å². The van der Waals surface area contributed by atoms with Gasteiger partial charge in [0.15, 0.2) is 0 Å². The molecule has 8 heteroatoms. The predicted molar refractivity (Wildman–Crippen MR) is 98.1 cm³/mol. The Hall–Kier alpha value is -2.51. The van der Waals surface area contributed by atoms with E-state index < -0.39 is 17.5 Å². The van der Waals surface area contributed by atoms with E-state index in [1.807, 2.05) is 25.7 Å². The number of nitrogens with zero attached hydrogens (tertiary/aromatic N) is 2. The minimum absolute atomic E-state index is 0.104. The molecule has 26 heavy (non-hydrogen) atoms. The number of amides is 1. The van der Waals surface area contributed by atoms with E-state index in [0.29, 0.717) is 23.3 Å². The molecule has 1 aliphatic rings. The van der Waals surface area contributed by atoms with Gasteiger partial charge in [-0.3, -0.25) is 4.57 Å². The van der Waals surface area contributed by atoms with Crippen molar-refractivity contribution in [2.75, 3.05) is 18.0 Å². The van der Waals surface area contributed by atoms with E-state index in [9.17, 15) is 14.0 Å². The van der Waals surface area contributed by atoms with Gasteiger partial charge < -0.3 is 19.9 Å². The first kappa shape index (κ1) is 18.3. The topological polar surface area (TPSA) is 79.4 Å². The third kappa shape index (κ3) is 3.84. The number of piperidine rings is 1. The molecule has 0 radical (unpaired) electrons. The molecular weight excluding hydrogens is 339 g/mol. The number of anilines is 1. The predicted octanol–water partition coefficient (Wildman–Crippen LogP) is 2.50. The third-order valence-electron chi connectivity index (χ3n) is 4.44. The molecule has 0 bridgehead atoms. The van der Waals surface area contributed by atoms with E-state index >= 15 is 0 Å². The molecule has 0 aliphatic carbocycles. The van der Waals surface area contributed by atoms with Crippen molar-refractivity contribution in [1.29, 1.82) is 0 Å². The van der Waals surface area contributed by atoms with Crippen LogP contribution in [-0.2, 0) is 11.8 Å². The lowest BCUT2D eigenvalue weighted by Crippen LogP contribution is -2.49. The molecule has 2 heterocycles. The molecule has 1 amide bonds. The van der Waals surface area contributed by atoms with Gasteiger partial charge in [0.1, 0.15) is 11.4 Å². The number of imidazole rings is 1. The molecule has 1 aliphatic heterocycles. The van der Waals surface area contributed by atoms with Crippen LogP contribution in [0.3, 0.4) is 0 Å². The summed E-state index contributed by atoms with van der Waals surface area (Å²) in [5.41, 5.74) is 0.918. The number of ether oxygens (including phenoxy) is 1. The molecule has 142 valence electrons. The minimum Gasteiger partial charge on any atom is -0.444 e. The van der Waals surface area contributed by atoms with Crippen LogP contribution in [0.25, 0.3) is 11.0 Å². The summed E-state index contributed by atoms with van der Waals surface area (Å²) >= 11 is 0. The van der Waals surface area contributed by atoms with Gasteiger partial charge in [0.25, 0.3) is 0 Å². The summed E-state index contributed by atoms with van der Waals surface area (Å²) in [6, 6.07) is 2.66. The highest BCUT2D eigenvalue weighted by Crippen LogP contribution is 2.28. The number of aromatic amines is 1. The molecule has 2 aromatic rings. The first-order valence-corrected chi connectivity index (χ1v) is 8.77. The van der Waals surface area contributed by atoms with E-state index in [2.05, 4.69) is 10.3 Å². The first-order valence-electron chi connectivity index (χ1n) is 8.77. The van der Waals surface area contributed by atoms with Crippen LogP contribution in [0.4, 0.5) is 14.9 Å². The number of alkyl carbamates (subject to hydrolysis) is 1. The fourth-order valence-corrected chi connectivity index (χ4v) is 3.31. The van der Waals surface area contributed by atoms with Gasteiger partial charge >= 0.3 is 11.8 Å². The fourth-order valence-electron chi connectivity index (χ4n) is 3.31. The maximum absolute atomic E-state index is 14.1. The van der Waals surface area contributed by atoms with Crippen LogP contribution in [0.15, 0.2) is 16.9 Å². The molecule has 3 rings (SSSR count). The highest BCUT2D eigenvalue weighted by atomic mass is 19.1. The Morgan fingerprint density at radius 1 is 1.38 bits per heavy atom. The highest BCUT2D eigenvalue weighted by molar-refractivity contribution is 5.89. The second-order valence-corrected chi connectivity index (χ2v) is 7.74. The number of rotatable bonds is 2. The van der Waals surface area contributed by atoms with Gasteiger partial charge in [-0.15, -0.1) is 0 Å². The Morgan fingerprint density at radius 2 is 2.12 bits per heavy atom. The Bertz CT molecular complexity index is 881. The average molecular weight is 364 g/mol. The number of hydrogen-bond donors (Lipinski definition) is 2. The van der Waals surface area contributed by atoms with Crippen molar-refractivity contribution in [1.82, 2.24) is 14.9 Å². The van der Waals surface area contributed by atoms with Crippen LogP contribution >= 0.6 is 0 Å². The van der Waals surface area contributed by atoms with Crippen molar-refractivity contribution in [3.05, 3.63) is 28.4 Å². The zero-order valence-electron chi connectivity index (χ0n) is 15.6. The number of benzene rings is 1. The molecule has 1 fully saturated rings. The van der Waals surface area contributed by atoms with Gasteiger partial charge in [-0.1, -0.05) is 0 Å². The van der Waals surface area contributed by atoms with Crippen LogP contribution in [-0.4, -0.2) is 40.4 Å². The quantitative estimate of drug-likeness (QED) is 0.858. The number of H-pyrrole nitrogens is 1. The zero-order valence-corrected chi connectivity index (χ0v) is 15.6. The van der Waals surface area contributed by atoms with Crippen LogP contribution < -0.4 is 15.9 Å². The molecule has 7 nitrogen and oxygen atoms in total. The number of halogens is 1. The summed E-state index contributed by atoms with van der Waals surface area (Å²) in [6.45, 7) is 6.69. The number of fused-ring (bicyclic) bond motifs is 1. The molecule has 0 saturated carbocycles. The molecule has 1 aromatic carbocycles. The summed E-state index contributed by atoms with van der Waals surface area (Å²) in [5.74, 6) is -0.399. The molecule has 1 aromatic heterocycles. The van der Waals surface area contributed by atoms with Gasteiger partial charge in [-0.2, -0.15) is 0 Å². The van der Waals surface area contributed by atoms with Gasteiger partial charge in [0, 0.05) is 26.2 Å². The lowest BCUT2D eigenvalue weighted by molar-refractivity contribution is 0.0500. The van der Waals surface area contributed by atoms with Crippen molar-refractivity contribution < 1.29 is 13.9 Å². The van der Waals surface area contributed by atoms with Gasteiger partial charge in [-0.25, -0.2) is 14.0 Å². The fraction of sp³-hybridized carbons (Fsp3) is 0.556. The maximum Gasteiger partial charge on any atom is 0.407 e. The number of carbonyl (C=O) groups is 1. The number of carbonyl (C=O) groups excluding carboxylic acids is 1. The van der Waals surface area contributed by atoms with Crippen LogP contribution in [0.2, 0.25) is 0 Å². The molecule has 2 N–H and O–H groups in total. The second kappa shape index (κ2) is 6.66. The maximum atomic E-state index is 14.1. The number of hydrogen-bond acceptors (Lipinski definition) is 4. The van der Waals surface area contributed by atoms with E-state index in [0.717, 1.165) is 19.4 Å². The normalized spacial score (nSPS) is 18.2. The number of aryl methyl sites for hydroxylation is 1. The average Bonchev–Trinajstić information content (AvgIpc) is 2.80. The molecule has 1 saturated heterocycles. The van der Waals surface area contributed by atoms with E-state index in [-0.39, 0.29) is 11.7 Å². The highest BCUT2D eigenvalue weighted by Gasteiger charge is 2.26. The molecule has 0 unspecified atom stereocenters. The van der Waals surface area contributed by atoms with Crippen molar-refractivity contribution in [2.45, 2.75) is 45.3 Å². The largest absolute Gasteiger partial charge is 0.444 e. The summed E-state index contributed by atoms with van der Waals surface area (Å²) < 4.78 is 20.8. The van der Waals surface area contributed by atoms with Gasteiger partial charge in [0.2, 0.25) is 0 Å². The Morgan fingerprint density at radius 3 is 2.81 bits per heavy atom. The third-order valence-corrected chi connectivity index (χ3v) is 4.44. The Kier molecular flexibility index (Phi) is 4.68. The zero-order chi connectivity index (χ0) is 19.1. The van der Waals surface area contributed by atoms with Crippen LogP contribution in [0.1, 0.15) is 33.6 Å². The molecular formula is C18H25FN4O3. The lowest BCUT2D eigenvalue weighted by atomic mass is 10.0. The van der Waals surface area contributed by atoms with E-state index in [4.69, 9.17) is 4.74 Å². The van der Waals surface area contributed by atoms with E-state index in [1.54, 1.807) is 7.05 Å². The first-order chi connectivity index (χ1) is 12.1. The van der Waals surface area contributed by atoms with Gasteiger partial charge in [0.05, 0.1) is 16.7 Å². The summed E-state index contributed by atoms with van der Waals surface area (Å²) in [7, 11) is 1.60. The van der Waals surface area contributed by atoms with Crippen LogP contribution in [0.5, 0.6) is 0 Å². The van der Waals surface area contributed by atoms with E-state index in [1.165, 1.54) is 16.7 Å². The number of nitrogens with one attached hydrogen (secondary N) is 2. The van der Waals surface area contributed by atoms with Crippen molar-refractivity contribution in [2.24, 2.45) is 7.05 Å². The van der Waals surface area contributed by atoms with Crippen molar-refractivity contribution in [3.8, 4) is 0 Å². The smallest absolute Gasteiger partial charge is 0.407 e. The van der Waals surface area contributed by atoms with Crippen molar-refractivity contribution >= 4 is 22.8 Å². The minimum atomic E-state index is -0.559. The lowest BCUT2D eigenvalue weighted by Gasteiger charge is -2.35. The monoisotopic (exact) mass is 364 g/mol.